The molecule has 20 heavy (non-hydrogen) atoms. The van der Waals surface area contributed by atoms with E-state index in [2.05, 4.69) is 43.3 Å². The van der Waals surface area contributed by atoms with Crippen molar-refractivity contribution in [1.82, 2.24) is 15.6 Å². The SMILES string of the molecule is CC1(C)CC(NC(=O)c2ccccn2)CC(C)(C)N1.Cl. The van der Waals surface area contributed by atoms with Crippen molar-refractivity contribution in [2.24, 2.45) is 0 Å². The fraction of sp³-hybridized carbons (Fsp3) is 0.600. The van der Waals surface area contributed by atoms with Crippen molar-refractivity contribution in [2.75, 3.05) is 0 Å². The Bertz CT molecular complexity index is 443. The number of nitrogens with one attached hydrogen (secondary N) is 2. The molecule has 0 aromatic carbocycles. The van der Waals surface area contributed by atoms with E-state index in [9.17, 15) is 4.79 Å². The van der Waals surface area contributed by atoms with E-state index in [-0.39, 0.29) is 35.4 Å². The highest BCUT2D eigenvalue weighted by molar-refractivity contribution is 5.92. The maximum atomic E-state index is 12.1. The van der Waals surface area contributed by atoms with Crippen LogP contribution in [0.1, 0.15) is 51.0 Å². The average Bonchev–Trinajstić information content (AvgIpc) is 2.25. The lowest BCUT2D eigenvalue weighted by atomic mass is 9.79. The minimum atomic E-state index is -0.0842. The lowest BCUT2D eigenvalue weighted by molar-refractivity contribution is 0.0868. The van der Waals surface area contributed by atoms with Crippen LogP contribution in [0.15, 0.2) is 24.4 Å². The highest BCUT2D eigenvalue weighted by Gasteiger charge is 2.38. The van der Waals surface area contributed by atoms with Crippen molar-refractivity contribution in [3.8, 4) is 0 Å². The summed E-state index contributed by atoms with van der Waals surface area (Å²) < 4.78 is 0. The van der Waals surface area contributed by atoms with Gasteiger partial charge in [-0.15, -0.1) is 12.4 Å². The van der Waals surface area contributed by atoms with E-state index < -0.39 is 0 Å². The Balaban J connectivity index is 0.00000200. The summed E-state index contributed by atoms with van der Waals surface area (Å²) in [4.78, 5) is 16.2. The number of carbonyl (C=O) groups excluding carboxylic acids is 1. The van der Waals surface area contributed by atoms with Gasteiger partial charge in [-0.1, -0.05) is 6.07 Å². The Morgan fingerprint density at radius 2 is 1.85 bits per heavy atom. The van der Waals surface area contributed by atoms with Crippen molar-refractivity contribution >= 4 is 18.3 Å². The van der Waals surface area contributed by atoms with Crippen LogP contribution in [0.5, 0.6) is 0 Å². The summed E-state index contributed by atoms with van der Waals surface area (Å²) in [5.74, 6) is -0.0842. The molecule has 1 aromatic rings. The second kappa shape index (κ2) is 6.10. The molecular formula is C15H24ClN3O. The highest BCUT2D eigenvalue weighted by Crippen LogP contribution is 2.28. The van der Waals surface area contributed by atoms with Gasteiger partial charge < -0.3 is 10.6 Å². The molecule has 1 aromatic heterocycles. The standard InChI is InChI=1S/C15H23N3O.ClH/c1-14(2)9-11(10-15(3,4)18-14)17-13(19)12-7-5-6-8-16-12;/h5-8,11,18H,9-10H2,1-4H3,(H,17,19);1H. The molecule has 2 heterocycles. The summed E-state index contributed by atoms with van der Waals surface area (Å²) in [6.07, 6.45) is 3.50. The molecule has 0 unspecified atom stereocenters. The number of hydrogen-bond donors (Lipinski definition) is 2. The molecular weight excluding hydrogens is 274 g/mol. The third kappa shape index (κ3) is 4.46. The van der Waals surface area contributed by atoms with Gasteiger partial charge in [0.25, 0.3) is 5.91 Å². The monoisotopic (exact) mass is 297 g/mol. The number of carbonyl (C=O) groups is 1. The van der Waals surface area contributed by atoms with Gasteiger partial charge in [-0.25, -0.2) is 0 Å². The van der Waals surface area contributed by atoms with Gasteiger partial charge in [-0.3, -0.25) is 9.78 Å². The van der Waals surface area contributed by atoms with E-state index in [1.54, 1.807) is 12.3 Å². The summed E-state index contributed by atoms with van der Waals surface area (Å²) in [6.45, 7) is 8.70. The van der Waals surface area contributed by atoms with Crippen molar-refractivity contribution < 1.29 is 4.79 Å². The molecule has 0 bridgehead atoms. The summed E-state index contributed by atoms with van der Waals surface area (Å²) in [6, 6.07) is 5.57. The third-order valence-electron chi connectivity index (χ3n) is 3.42. The van der Waals surface area contributed by atoms with E-state index in [0.717, 1.165) is 12.8 Å². The van der Waals surface area contributed by atoms with Gasteiger partial charge in [-0.05, 0) is 52.7 Å². The van der Waals surface area contributed by atoms with Gasteiger partial charge in [0.15, 0.2) is 0 Å². The van der Waals surface area contributed by atoms with Crippen molar-refractivity contribution in [1.29, 1.82) is 0 Å². The molecule has 2 rings (SSSR count). The van der Waals surface area contributed by atoms with Gasteiger partial charge in [0, 0.05) is 23.3 Å². The number of nitrogens with zero attached hydrogens (tertiary/aromatic N) is 1. The summed E-state index contributed by atoms with van der Waals surface area (Å²) >= 11 is 0. The molecule has 5 heteroatoms. The first-order chi connectivity index (χ1) is 8.77. The van der Waals surface area contributed by atoms with E-state index in [4.69, 9.17) is 0 Å². The largest absolute Gasteiger partial charge is 0.348 e. The molecule has 1 saturated heterocycles. The van der Waals surface area contributed by atoms with Gasteiger partial charge >= 0.3 is 0 Å². The predicted molar refractivity (Wildman–Crippen MR) is 83.3 cm³/mol. The summed E-state index contributed by atoms with van der Waals surface area (Å²) in [7, 11) is 0. The van der Waals surface area contributed by atoms with E-state index in [1.165, 1.54) is 0 Å². The lowest BCUT2D eigenvalue weighted by Gasteiger charge is -2.46. The molecule has 0 spiro atoms. The van der Waals surface area contributed by atoms with E-state index >= 15 is 0 Å². The van der Waals surface area contributed by atoms with Gasteiger partial charge in [0.1, 0.15) is 5.69 Å². The molecule has 0 aliphatic carbocycles. The first-order valence-electron chi connectivity index (χ1n) is 6.79. The lowest BCUT2D eigenvalue weighted by Crippen LogP contribution is -2.62. The zero-order valence-electron chi connectivity index (χ0n) is 12.6. The van der Waals surface area contributed by atoms with Crippen molar-refractivity contribution in [2.45, 2.75) is 57.7 Å². The summed E-state index contributed by atoms with van der Waals surface area (Å²) in [5.41, 5.74) is 0.546. The fourth-order valence-electron chi connectivity index (χ4n) is 3.18. The third-order valence-corrected chi connectivity index (χ3v) is 3.42. The minimum absolute atomic E-state index is 0. The fourth-order valence-corrected chi connectivity index (χ4v) is 3.18. The first-order valence-corrected chi connectivity index (χ1v) is 6.79. The van der Waals surface area contributed by atoms with Crippen LogP contribution < -0.4 is 10.6 Å². The Hall–Kier alpha value is -1.13. The van der Waals surface area contributed by atoms with E-state index in [0.29, 0.717) is 5.69 Å². The van der Waals surface area contributed by atoms with Gasteiger partial charge in [0.2, 0.25) is 0 Å². The number of amides is 1. The van der Waals surface area contributed by atoms with Crippen molar-refractivity contribution in [3.05, 3.63) is 30.1 Å². The molecule has 1 fully saturated rings. The highest BCUT2D eigenvalue weighted by atomic mass is 35.5. The zero-order valence-corrected chi connectivity index (χ0v) is 13.4. The molecule has 0 saturated carbocycles. The Morgan fingerprint density at radius 1 is 1.25 bits per heavy atom. The molecule has 1 amide bonds. The number of aromatic nitrogens is 1. The van der Waals surface area contributed by atoms with Crippen LogP contribution in [0.2, 0.25) is 0 Å². The minimum Gasteiger partial charge on any atom is -0.348 e. The maximum Gasteiger partial charge on any atom is 0.270 e. The van der Waals surface area contributed by atoms with Crippen LogP contribution in [0.4, 0.5) is 0 Å². The quantitative estimate of drug-likeness (QED) is 0.882. The molecule has 1 aliphatic rings. The maximum absolute atomic E-state index is 12.1. The van der Waals surface area contributed by atoms with Crippen molar-refractivity contribution in [3.63, 3.8) is 0 Å². The van der Waals surface area contributed by atoms with Gasteiger partial charge in [-0.2, -0.15) is 0 Å². The average molecular weight is 298 g/mol. The second-order valence-electron chi connectivity index (χ2n) is 6.69. The first kappa shape index (κ1) is 16.9. The zero-order chi connectivity index (χ0) is 14.1. The van der Waals surface area contributed by atoms with Gasteiger partial charge in [0.05, 0.1) is 0 Å². The molecule has 2 N–H and O–H groups in total. The van der Waals surface area contributed by atoms with Crippen LogP contribution >= 0.6 is 12.4 Å². The van der Waals surface area contributed by atoms with Crippen LogP contribution in [0.3, 0.4) is 0 Å². The van der Waals surface area contributed by atoms with Crippen LogP contribution in [-0.4, -0.2) is 28.0 Å². The number of hydrogen-bond acceptors (Lipinski definition) is 3. The molecule has 1 aliphatic heterocycles. The topological polar surface area (TPSA) is 54.0 Å². The smallest absolute Gasteiger partial charge is 0.270 e. The Labute approximate surface area is 127 Å². The van der Waals surface area contributed by atoms with Crippen LogP contribution in [-0.2, 0) is 0 Å². The number of piperidine rings is 1. The second-order valence-corrected chi connectivity index (χ2v) is 6.69. The number of halogens is 1. The molecule has 4 nitrogen and oxygen atoms in total. The Morgan fingerprint density at radius 3 is 2.35 bits per heavy atom. The van der Waals surface area contributed by atoms with Crippen LogP contribution in [0.25, 0.3) is 0 Å². The number of rotatable bonds is 2. The summed E-state index contributed by atoms with van der Waals surface area (Å²) in [5, 5.41) is 6.71. The number of pyridine rings is 1. The predicted octanol–water partition coefficient (Wildman–Crippen LogP) is 2.54. The normalized spacial score (nSPS) is 20.8. The molecule has 0 radical (unpaired) electrons. The van der Waals surface area contributed by atoms with Crippen LogP contribution in [0, 0.1) is 0 Å². The van der Waals surface area contributed by atoms with E-state index in [1.807, 2.05) is 12.1 Å². The molecule has 112 valence electrons. The molecule has 0 atom stereocenters. The Kier molecular flexibility index (Phi) is 5.16.